The van der Waals surface area contributed by atoms with Crippen molar-refractivity contribution in [2.24, 2.45) is 0 Å². The van der Waals surface area contributed by atoms with Crippen molar-refractivity contribution in [3.05, 3.63) is 118 Å². The first-order valence-corrected chi connectivity index (χ1v) is 37.5. The summed E-state index contributed by atoms with van der Waals surface area (Å²) < 4.78 is 115. The fraction of sp³-hybridized carbons (Fsp3) is 0.598. The van der Waals surface area contributed by atoms with Crippen LogP contribution in [-0.4, -0.2) is 274 Å². The van der Waals surface area contributed by atoms with E-state index in [1.807, 2.05) is 101 Å². The van der Waals surface area contributed by atoms with Gasteiger partial charge in [0.15, 0.2) is 82.9 Å². The Balaban J connectivity index is 0.000000263. The Labute approximate surface area is 712 Å². The maximum absolute atomic E-state index is 13.0. The Hall–Kier alpha value is -6.81. The van der Waals surface area contributed by atoms with Crippen molar-refractivity contribution in [1.82, 2.24) is 0 Å². The molecule has 660 valence electrons. The largest absolute Gasteiger partial charge is 1.00 e. The molecule has 4 aromatic carbocycles. The van der Waals surface area contributed by atoms with E-state index in [9.17, 15) is 39.3 Å². The quantitative estimate of drug-likeness (QED) is 0.0307. The Morgan fingerprint density at radius 1 is 0.420 bits per heavy atom. The van der Waals surface area contributed by atoms with Gasteiger partial charge in [-0.2, -0.15) is 0 Å². The topological polar surface area (TPSA) is 503 Å². The number of carbonyl (C=O) groups excluding carboxylic acids is 3. The number of ether oxygens (including phenoxy) is 21. The summed E-state index contributed by atoms with van der Waals surface area (Å²) in [5, 5.41) is 72.1. The van der Waals surface area contributed by atoms with E-state index in [1.165, 1.54) is 7.11 Å². The fourth-order valence-electron chi connectivity index (χ4n) is 13.2. The van der Waals surface area contributed by atoms with Crippen LogP contribution in [-0.2, 0) is 122 Å². The minimum absolute atomic E-state index is 0. The van der Waals surface area contributed by atoms with Crippen molar-refractivity contribution in [1.29, 1.82) is 0 Å². The molecule has 9 aliphatic rings. The monoisotopic (exact) mass is 1700 g/mol. The summed E-state index contributed by atoms with van der Waals surface area (Å²) in [6, 6.07) is 25.2. The van der Waals surface area contributed by atoms with E-state index in [4.69, 9.17) is 120 Å². The Morgan fingerprint density at radius 2 is 0.731 bits per heavy atom. The molecule has 37 heteroatoms. The number of carbonyl (C=O) groups is 5. The Bertz CT molecular complexity index is 3900. The first-order chi connectivity index (χ1) is 54.1. The number of aromatic hydroxyl groups is 1. The van der Waals surface area contributed by atoms with E-state index in [0.717, 1.165) is 39.1 Å². The normalized spacial score (nSPS) is 29.4. The van der Waals surface area contributed by atoms with Crippen molar-refractivity contribution in [2.45, 2.75) is 262 Å². The number of carboxylic acids is 2. The number of methoxy groups -OCH3 is 3. The summed E-state index contributed by atoms with van der Waals surface area (Å²) >= 11 is 0. The van der Waals surface area contributed by atoms with E-state index >= 15 is 0 Å². The zero-order valence-electron chi connectivity index (χ0n) is 70.6. The maximum atomic E-state index is 13.0. The summed E-state index contributed by atoms with van der Waals surface area (Å²) in [6.07, 6.45) is -3.91. The van der Waals surface area contributed by atoms with Crippen LogP contribution in [0, 0.1) is 0 Å². The van der Waals surface area contributed by atoms with Gasteiger partial charge in [-0.1, -0.05) is 48.6 Å². The van der Waals surface area contributed by atoms with E-state index in [2.05, 4.69) is 4.74 Å². The van der Waals surface area contributed by atoms with Crippen LogP contribution < -0.4 is 43.8 Å². The number of aliphatic hydroxyl groups excluding tert-OH is 5. The zero-order chi connectivity index (χ0) is 85.8. The maximum Gasteiger partial charge on any atom is 1.00 e. The van der Waals surface area contributed by atoms with Crippen molar-refractivity contribution >= 4 is 54.2 Å². The molecule has 4 aromatic rings. The van der Waals surface area contributed by atoms with Crippen LogP contribution in [0.2, 0.25) is 0 Å². The van der Waals surface area contributed by atoms with Gasteiger partial charge in [-0.25, -0.2) is 24.0 Å². The predicted molar refractivity (Wildman–Crippen MR) is 413 cm³/mol. The first-order valence-electron chi connectivity index (χ1n) is 37.5. The van der Waals surface area contributed by atoms with Gasteiger partial charge in [0.05, 0.1) is 67.6 Å². The molecule has 0 aliphatic carbocycles. The second kappa shape index (κ2) is 43.0. The average molecular weight is 1700 g/mol. The van der Waals surface area contributed by atoms with Crippen LogP contribution >= 0.6 is 0 Å². The number of aliphatic hydroxyl groups is 5. The van der Waals surface area contributed by atoms with Crippen molar-refractivity contribution < 1.29 is 205 Å². The van der Waals surface area contributed by atoms with Gasteiger partial charge >= 0.3 is 59.4 Å². The fourth-order valence-corrected chi connectivity index (χ4v) is 13.2. The molecule has 9 heterocycles. The second-order valence-corrected chi connectivity index (χ2v) is 31.6. The summed E-state index contributed by atoms with van der Waals surface area (Å²) in [5.41, 5.74) is 5.34. The van der Waals surface area contributed by atoms with Crippen LogP contribution in [0.15, 0.2) is 84.9 Å². The van der Waals surface area contributed by atoms with Crippen LogP contribution in [0.25, 0.3) is 24.3 Å². The summed E-state index contributed by atoms with van der Waals surface area (Å²) in [4.78, 5) is 57.3. The van der Waals surface area contributed by atoms with Crippen molar-refractivity contribution in [3.8, 4) is 23.0 Å². The van der Waals surface area contributed by atoms with E-state index in [1.54, 1.807) is 134 Å². The smallest absolute Gasteiger partial charge is 0.870 e. The Morgan fingerprint density at radius 3 is 1.00 bits per heavy atom. The third-order valence-corrected chi connectivity index (χ3v) is 18.4. The SMILES string of the molecule is CC1(C)OCC(C2OC(C)(C)OC2C(=O)O)O1.CC1(C)OCC(C2OC(C)(C)OC2C(=O)O)O1.COC(=O)C1OC(C)(C)OC1C1COC(C)(C)O1.COc1cc(/C=C/c2ccc(O)cc2)cc(CO)c1.COc1cc(/C=C/c2ccc(OC(=O)C3OC(C)(C)OC3C3COC(C)(C)O3)cc2)cc(CO)c1.O.O=C1OC(CO)C(O)C1O.[Na+].[OH-]. The molecule has 0 spiro atoms. The summed E-state index contributed by atoms with van der Waals surface area (Å²) in [6.45, 7) is 28.9. The average Bonchev–Trinajstić information content (AvgIpc) is 1.66. The van der Waals surface area contributed by atoms with Gasteiger partial charge in [0.2, 0.25) is 0 Å². The molecular formula is C82H115NaO36. The third kappa shape index (κ3) is 29.7. The van der Waals surface area contributed by atoms with Gasteiger partial charge < -0.3 is 151 Å². The molecule has 9 aliphatic heterocycles. The number of phenols is 1. The number of esters is 3. The first kappa shape index (κ1) is 103. The molecular weight excluding hydrogens is 1580 g/mol. The molecule has 15 atom stereocenters. The number of cyclic esters (lactones) is 1. The van der Waals surface area contributed by atoms with Crippen molar-refractivity contribution in [2.75, 3.05) is 54.4 Å². The van der Waals surface area contributed by atoms with Gasteiger partial charge in [-0.15, -0.1) is 0 Å². The molecule has 9 fully saturated rings. The van der Waals surface area contributed by atoms with Gasteiger partial charge in [0.1, 0.15) is 77.9 Å². The number of rotatable bonds is 18. The molecule has 9 saturated heterocycles. The zero-order valence-corrected chi connectivity index (χ0v) is 72.6. The van der Waals surface area contributed by atoms with Crippen LogP contribution in [0.5, 0.6) is 23.0 Å². The predicted octanol–water partition coefficient (Wildman–Crippen LogP) is 2.94. The summed E-state index contributed by atoms with van der Waals surface area (Å²) in [7, 11) is 4.51. The number of carboxylic acid groups (broad SMARTS) is 2. The molecule has 13 rings (SSSR count). The van der Waals surface area contributed by atoms with Gasteiger partial charge in [0, 0.05) is 0 Å². The second-order valence-electron chi connectivity index (χ2n) is 31.6. The molecule has 11 N–H and O–H groups in total. The number of hydrogen-bond donors (Lipinski definition) is 8. The number of hydrogen-bond acceptors (Lipinski definition) is 33. The van der Waals surface area contributed by atoms with E-state index in [0.29, 0.717) is 37.9 Å². The van der Waals surface area contributed by atoms with Crippen molar-refractivity contribution in [3.63, 3.8) is 0 Å². The number of aliphatic carboxylic acids is 2. The third-order valence-electron chi connectivity index (χ3n) is 18.4. The van der Waals surface area contributed by atoms with Gasteiger partial charge in [-0.3, -0.25) is 0 Å². The summed E-state index contributed by atoms with van der Waals surface area (Å²) in [5.74, 6) is -8.37. The van der Waals surface area contributed by atoms with Crippen LogP contribution in [0.4, 0.5) is 0 Å². The molecule has 0 radical (unpaired) electrons. The van der Waals surface area contributed by atoms with E-state index in [-0.39, 0.29) is 65.6 Å². The van der Waals surface area contributed by atoms with Gasteiger partial charge in [0.25, 0.3) is 0 Å². The minimum Gasteiger partial charge on any atom is -0.870 e. The minimum atomic E-state index is -1.50. The molecule has 36 nitrogen and oxygen atoms in total. The van der Waals surface area contributed by atoms with E-state index < -0.39 is 168 Å². The van der Waals surface area contributed by atoms with Gasteiger partial charge in [-0.05, 0) is 205 Å². The molecule has 0 saturated carbocycles. The van der Waals surface area contributed by atoms with Crippen LogP contribution in [0.3, 0.4) is 0 Å². The molecule has 15 unspecified atom stereocenters. The molecule has 0 aromatic heterocycles. The standard InChI is InChI=1S/C27H32O8.C16H16O3.C12H20O6.2C11H18O6.C5H8O5.Na.2H2O/c1-26(2)31-16-22(33-26)23-24(35-27(3,4)34-23)25(29)32-20-10-8-17(9-11-20)6-7-18-12-19(15-28)14-21(13-18)30-5;1-19-16-9-13(8-14(10-16)11-17)3-2-12-4-6-15(18)7-5-12;1-11(2)15-6-7(16-11)8-9(10(13)14-5)18-12(3,4)17-8;2*1-10(2)14-5-6(15-10)7-8(9(12)13)17-11(3,4)16-7;6-1-2-3(7)4(8)5(9)10-2;;;/h6-14,22-24,28H,15-16H2,1-5H3;2-10,17-18H,11H2,1H3;7-9H,6H2,1-5H3;2*6-8H,5H2,1-4H3,(H,12,13);2-4,6-8H,1H2;;2*1H2/q;;;;;;+1;;/p-1/b7-6+;3-2+;;;;;;;. The number of phenolic OH excluding ortho intramolecular Hbond substituents is 1. The van der Waals surface area contributed by atoms with Crippen LogP contribution in [0.1, 0.15) is 144 Å². The number of benzene rings is 4. The Kier molecular flexibility index (Phi) is 37.1. The molecule has 0 amide bonds. The molecule has 0 bridgehead atoms. The molecule has 119 heavy (non-hydrogen) atoms.